The largest absolute Gasteiger partial charge is 0.779 e. The van der Waals surface area contributed by atoms with Crippen molar-refractivity contribution in [3.8, 4) is 0 Å². The molecule has 0 aliphatic carbocycles. The van der Waals surface area contributed by atoms with E-state index in [2.05, 4.69) is 19.9 Å². The van der Waals surface area contributed by atoms with Gasteiger partial charge < -0.3 is 12.6 Å². The van der Waals surface area contributed by atoms with Gasteiger partial charge in [-0.05, 0) is 5.92 Å². The second-order valence-electron chi connectivity index (χ2n) is 2.69. The Labute approximate surface area is 67.7 Å². The van der Waals surface area contributed by atoms with Crippen molar-refractivity contribution in [1.82, 2.24) is 0 Å². The summed E-state index contributed by atoms with van der Waals surface area (Å²) in [4.78, 5) is 0.984. The molecule has 0 N–H and O–H groups in total. The van der Waals surface area contributed by atoms with Gasteiger partial charge in [0.1, 0.15) is 0 Å². The maximum atomic E-state index is 5.13. The van der Waals surface area contributed by atoms with E-state index in [4.69, 9.17) is 12.6 Å². The van der Waals surface area contributed by atoms with Gasteiger partial charge in [0, 0.05) is 0 Å². The van der Waals surface area contributed by atoms with Crippen molar-refractivity contribution < 1.29 is 0 Å². The van der Waals surface area contributed by atoms with Crippen LogP contribution in [-0.4, -0.2) is 0 Å². The molecule has 0 unspecified atom stereocenters. The van der Waals surface area contributed by atoms with Crippen LogP contribution in [0.1, 0.15) is 25.3 Å². The maximum Gasteiger partial charge on any atom is -0.0234 e. The quantitative estimate of drug-likeness (QED) is 0.556. The normalized spacial score (nSPS) is 10.3. The molecule has 54 valence electrons. The van der Waals surface area contributed by atoms with E-state index in [-0.39, 0.29) is 0 Å². The van der Waals surface area contributed by atoms with Crippen LogP contribution < -0.4 is 0 Å². The molecule has 0 radical (unpaired) electrons. The lowest BCUT2D eigenvalue weighted by molar-refractivity contribution is 0.843. The highest BCUT2D eigenvalue weighted by Crippen LogP contribution is 2.17. The molecule has 1 aromatic rings. The molecule has 0 nitrogen and oxygen atoms in total. The zero-order valence-electron chi connectivity index (χ0n) is 6.29. The lowest BCUT2D eigenvalue weighted by Gasteiger charge is -2.15. The van der Waals surface area contributed by atoms with Crippen molar-refractivity contribution in [3.63, 3.8) is 0 Å². The number of benzene rings is 1. The van der Waals surface area contributed by atoms with Crippen LogP contribution in [0.15, 0.2) is 29.2 Å². The Morgan fingerprint density at radius 2 is 1.80 bits per heavy atom. The molecular formula is C9H11S-. The van der Waals surface area contributed by atoms with E-state index in [0.717, 1.165) is 4.90 Å². The van der Waals surface area contributed by atoms with E-state index in [1.165, 1.54) is 5.56 Å². The Kier molecular flexibility index (Phi) is 2.28. The third kappa shape index (κ3) is 1.48. The zero-order chi connectivity index (χ0) is 7.56. The van der Waals surface area contributed by atoms with Crippen LogP contribution in [0.25, 0.3) is 0 Å². The van der Waals surface area contributed by atoms with Gasteiger partial charge in [-0.25, -0.2) is 0 Å². The summed E-state index contributed by atoms with van der Waals surface area (Å²) in [6, 6.07) is 8.08. The van der Waals surface area contributed by atoms with Crippen molar-refractivity contribution in [2.24, 2.45) is 0 Å². The van der Waals surface area contributed by atoms with Gasteiger partial charge >= 0.3 is 0 Å². The molecule has 0 spiro atoms. The lowest BCUT2D eigenvalue weighted by atomic mass is 10.0. The first-order chi connectivity index (χ1) is 4.72. The fraction of sp³-hybridized carbons (Fsp3) is 0.333. The van der Waals surface area contributed by atoms with Crippen LogP contribution >= 0.6 is 0 Å². The Morgan fingerprint density at radius 1 is 1.20 bits per heavy atom. The molecular weight excluding hydrogens is 140 g/mol. The summed E-state index contributed by atoms with van der Waals surface area (Å²) >= 11 is 5.13. The second kappa shape index (κ2) is 3.02. The van der Waals surface area contributed by atoms with Crippen LogP contribution in [0.4, 0.5) is 0 Å². The van der Waals surface area contributed by atoms with Gasteiger partial charge in [0.2, 0.25) is 0 Å². The molecule has 1 rings (SSSR count). The Balaban J connectivity index is 3.03. The van der Waals surface area contributed by atoms with Gasteiger partial charge in [0.05, 0.1) is 0 Å². The van der Waals surface area contributed by atoms with Gasteiger partial charge in [-0.1, -0.05) is 43.7 Å². The molecule has 1 heteroatoms. The summed E-state index contributed by atoms with van der Waals surface area (Å²) in [7, 11) is 0. The number of hydrogen-bond donors (Lipinski definition) is 0. The first kappa shape index (κ1) is 7.55. The van der Waals surface area contributed by atoms with Gasteiger partial charge in [0.15, 0.2) is 0 Å². The molecule has 0 amide bonds. The fourth-order valence-corrected chi connectivity index (χ4v) is 1.34. The minimum Gasteiger partial charge on any atom is -0.779 e. The van der Waals surface area contributed by atoms with Gasteiger partial charge in [-0.2, -0.15) is 4.90 Å². The monoisotopic (exact) mass is 151 g/mol. The molecule has 10 heavy (non-hydrogen) atoms. The molecule has 0 aliphatic heterocycles. The molecule has 0 atom stereocenters. The fourth-order valence-electron chi connectivity index (χ4n) is 0.958. The third-order valence-electron chi connectivity index (χ3n) is 1.54. The van der Waals surface area contributed by atoms with Crippen LogP contribution in [0, 0.1) is 0 Å². The zero-order valence-corrected chi connectivity index (χ0v) is 7.11. The molecule has 0 aliphatic rings. The van der Waals surface area contributed by atoms with E-state index < -0.39 is 0 Å². The number of hydrogen-bond acceptors (Lipinski definition) is 1. The average Bonchev–Trinajstić information content (AvgIpc) is 1.88. The van der Waals surface area contributed by atoms with Gasteiger partial charge in [-0.3, -0.25) is 0 Å². The predicted octanol–water partition coefficient (Wildman–Crippen LogP) is 2.72. The summed E-state index contributed by atoms with van der Waals surface area (Å²) in [6.45, 7) is 4.32. The topological polar surface area (TPSA) is 0 Å². The molecule has 1 aromatic carbocycles. The molecule has 0 heterocycles. The highest BCUT2D eigenvalue weighted by atomic mass is 32.1. The summed E-state index contributed by atoms with van der Waals surface area (Å²) in [5, 5.41) is 0. The molecule has 0 aromatic heterocycles. The van der Waals surface area contributed by atoms with Crippen molar-refractivity contribution in [3.05, 3.63) is 29.8 Å². The molecule has 0 saturated carbocycles. The predicted molar refractivity (Wildman–Crippen MR) is 46.2 cm³/mol. The Bertz CT molecular complexity index is 216. The first-order valence-corrected chi connectivity index (χ1v) is 3.88. The summed E-state index contributed by atoms with van der Waals surface area (Å²) in [6.07, 6.45) is 0. The Morgan fingerprint density at radius 3 is 2.20 bits per heavy atom. The Hall–Kier alpha value is -0.560. The van der Waals surface area contributed by atoms with Gasteiger partial charge in [0.25, 0.3) is 0 Å². The third-order valence-corrected chi connectivity index (χ3v) is 1.91. The maximum absolute atomic E-state index is 5.13. The minimum absolute atomic E-state index is 0.550. The molecule has 0 saturated heterocycles. The van der Waals surface area contributed by atoms with Crippen molar-refractivity contribution in [2.45, 2.75) is 24.7 Å². The SMILES string of the molecule is CC(C)c1ccccc1[S-]. The van der Waals surface area contributed by atoms with Crippen molar-refractivity contribution in [1.29, 1.82) is 0 Å². The number of rotatable bonds is 1. The van der Waals surface area contributed by atoms with Crippen LogP contribution in [0.5, 0.6) is 0 Å². The minimum atomic E-state index is 0.550. The van der Waals surface area contributed by atoms with E-state index in [9.17, 15) is 0 Å². The van der Waals surface area contributed by atoms with E-state index in [0.29, 0.717) is 5.92 Å². The van der Waals surface area contributed by atoms with Crippen LogP contribution in [0.2, 0.25) is 0 Å². The molecule has 0 bridgehead atoms. The summed E-state index contributed by atoms with van der Waals surface area (Å²) in [5.41, 5.74) is 1.28. The molecule has 0 fully saturated rings. The van der Waals surface area contributed by atoms with E-state index in [1.807, 2.05) is 18.2 Å². The average molecular weight is 151 g/mol. The highest BCUT2D eigenvalue weighted by Gasteiger charge is 1.95. The van der Waals surface area contributed by atoms with Crippen LogP contribution in [-0.2, 0) is 12.6 Å². The van der Waals surface area contributed by atoms with Crippen molar-refractivity contribution in [2.75, 3.05) is 0 Å². The standard InChI is InChI=1S/C9H12S/c1-7(2)8-5-3-4-6-9(8)10/h3-7,10H,1-2H3/p-1. The van der Waals surface area contributed by atoms with Crippen LogP contribution in [0.3, 0.4) is 0 Å². The van der Waals surface area contributed by atoms with Gasteiger partial charge in [-0.15, -0.1) is 0 Å². The smallest absolute Gasteiger partial charge is 0.0234 e. The lowest BCUT2D eigenvalue weighted by Crippen LogP contribution is -1.89. The van der Waals surface area contributed by atoms with E-state index >= 15 is 0 Å². The highest BCUT2D eigenvalue weighted by molar-refractivity contribution is 7.58. The van der Waals surface area contributed by atoms with Crippen molar-refractivity contribution >= 4 is 12.6 Å². The van der Waals surface area contributed by atoms with E-state index in [1.54, 1.807) is 0 Å². The first-order valence-electron chi connectivity index (χ1n) is 3.47. The summed E-state index contributed by atoms with van der Waals surface area (Å²) in [5.74, 6) is 0.550. The second-order valence-corrected chi connectivity index (χ2v) is 3.13. The summed E-state index contributed by atoms with van der Waals surface area (Å²) < 4.78 is 0.